The molecule has 3 N–H and O–H groups in total. The van der Waals surface area contributed by atoms with E-state index >= 15 is 0 Å². The summed E-state index contributed by atoms with van der Waals surface area (Å²) in [6.45, 7) is 8.03. The van der Waals surface area contributed by atoms with Gasteiger partial charge in [0.2, 0.25) is 5.91 Å². The smallest absolute Gasteiger partial charge is 0.230 e. The molecule has 0 saturated heterocycles. The van der Waals surface area contributed by atoms with Gasteiger partial charge in [-0.05, 0) is 25.8 Å². The highest BCUT2D eigenvalue weighted by molar-refractivity contribution is 5.94. The highest BCUT2D eigenvalue weighted by Crippen LogP contribution is 2.31. The van der Waals surface area contributed by atoms with Gasteiger partial charge in [0.1, 0.15) is 5.82 Å². The van der Waals surface area contributed by atoms with Gasteiger partial charge in [0.15, 0.2) is 0 Å². The van der Waals surface area contributed by atoms with Gasteiger partial charge in [-0.3, -0.25) is 4.79 Å². The van der Waals surface area contributed by atoms with Crippen LogP contribution in [0.15, 0.2) is 18.3 Å². The molecule has 21 heavy (non-hydrogen) atoms. The number of carbonyl (C=O) groups is 1. The molecule has 2 rings (SSSR count). The van der Waals surface area contributed by atoms with Crippen LogP contribution in [0.4, 0.5) is 5.82 Å². The summed E-state index contributed by atoms with van der Waals surface area (Å²) < 4.78 is 0. The van der Waals surface area contributed by atoms with Gasteiger partial charge >= 0.3 is 0 Å². The molecule has 1 aliphatic carbocycles. The van der Waals surface area contributed by atoms with E-state index in [1.165, 1.54) is 0 Å². The molecule has 2 atom stereocenters. The number of aliphatic hydroxyl groups is 1. The second-order valence-electron chi connectivity index (χ2n) is 7.04. The Morgan fingerprint density at radius 3 is 2.76 bits per heavy atom. The number of carbonyl (C=O) groups excluding carboxylic acids is 1. The van der Waals surface area contributed by atoms with E-state index in [0.29, 0.717) is 12.4 Å². The van der Waals surface area contributed by atoms with Crippen LogP contribution in [-0.4, -0.2) is 27.6 Å². The van der Waals surface area contributed by atoms with Crippen molar-refractivity contribution in [3.8, 4) is 0 Å². The Labute approximate surface area is 126 Å². The minimum Gasteiger partial charge on any atom is -0.389 e. The van der Waals surface area contributed by atoms with Crippen molar-refractivity contribution in [2.24, 2.45) is 5.41 Å². The summed E-state index contributed by atoms with van der Waals surface area (Å²) in [5.41, 5.74) is -0.158. The lowest BCUT2D eigenvalue weighted by atomic mass is 9.76. The first-order chi connectivity index (χ1) is 9.70. The fraction of sp³-hybridized carbons (Fsp3) is 0.625. The maximum atomic E-state index is 12.1. The molecule has 5 nitrogen and oxygen atoms in total. The Bertz CT molecular complexity index is 520. The molecule has 1 saturated carbocycles. The maximum Gasteiger partial charge on any atom is 0.230 e. The second kappa shape index (κ2) is 5.73. The fourth-order valence-electron chi connectivity index (χ4n) is 2.25. The van der Waals surface area contributed by atoms with Crippen LogP contribution >= 0.6 is 0 Å². The molecule has 1 heterocycles. The molecule has 5 heteroatoms. The molecule has 1 aromatic rings. The number of nitrogens with zero attached hydrogens (tertiary/aromatic N) is 1. The molecule has 1 amide bonds. The van der Waals surface area contributed by atoms with E-state index in [1.807, 2.05) is 39.8 Å². The van der Waals surface area contributed by atoms with Crippen LogP contribution < -0.4 is 10.6 Å². The molecule has 0 bridgehead atoms. The van der Waals surface area contributed by atoms with Crippen molar-refractivity contribution in [1.29, 1.82) is 0 Å². The topological polar surface area (TPSA) is 74.2 Å². The summed E-state index contributed by atoms with van der Waals surface area (Å²) in [6, 6.07) is 3.89. The van der Waals surface area contributed by atoms with E-state index in [0.717, 1.165) is 18.4 Å². The van der Waals surface area contributed by atoms with Crippen LogP contribution in [0.2, 0.25) is 0 Å². The number of amides is 1. The van der Waals surface area contributed by atoms with Gasteiger partial charge in [-0.1, -0.05) is 26.8 Å². The third kappa shape index (κ3) is 3.80. The van der Waals surface area contributed by atoms with Crippen molar-refractivity contribution in [2.75, 3.05) is 5.32 Å². The summed E-state index contributed by atoms with van der Waals surface area (Å²) in [7, 11) is 0. The zero-order valence-corrected chi connectivity index (χ0v) is 13.2. The van der Waals surface area contributed by atoms with E-state index in [1.54, 1.807) is 6.20 Å². The summed E-state index contributed by atoms with van der Waals surface area (Å²) in [6.07, 6.45) is 3.46. The fourth-order valence-corrected chi connectivity index (χ4v) is 2.25. The van der Waals surface area contributed by atoms with Crippen LogP contribution in [0, 0.1) is 5.41 Å². The maximum absolute atomic E-state index is 12.1. The van der Waals surface area contributed by atoms with E-state index in [9.17, 15) is 9.90 Å². The Morgan fingerprint density at radius 1 is 1.52 bits per heavy atom. The SMILES string of the molecule is CC(C)(C)C(=O)Nc1ncccc1CN[C@@H]1CC[C@@]1(C)O. The summed E-state index contributed by atoms with van der Waals surface area (Å²) in [4.78, 5) is 16.3. The number of aromatic nitrogens is 1. The van der Waals surface area contributed by atoms with Gasteiger partial charge in [0, 0.05) is 29.8 Å². The predicted molar refractivity (Wildman–Crippen MR) is 82.8 cm³/mol. The molecule has 0 aromatic carbocycles. The largest absolute Gasteiger partial charge is 0.389 e. The first kappa shape index (κ1) is 15.9. The number of hydrogen-bond acceptors (Lipinski definition) is 4. The van der Waals surface area contributed by atoms with Gasteiger partial charge in [0.05, 0.1) is 5.60 Å². The number of pyridine rings is 1. The first-order valence-corrected chi connectivity index (χ1v) is 7.41. The number of anilines is 1. The Kier molecular flexibility index (Phi) is 4.35. The van der Waals surface area contributed by atoms with Crippen molar-refractivity contribution in [1.82, 2.24) is 10.3 Å². The minimum absolute atomic E-state index is 0.0573. The Morgan fingerprint density at radius 2 is 2.24 bits per heavy atom. The average molecular weight is 291 g/mol. The monoisotopic (exact) mass is 291 g/mol. The normalized spacial score (nSPS) is 25.3. The number of rotatable bonds is 4. The van der Waals surface area contributed by atoms with Gasteiger partial charge in [0.25, 0.3) is 0 Å². The predicted octanol–water partition coefficient (Wildman–Crippen LogP) is 2.07. The molecular weight excluding hydrogens is 266 g/mol. The van der Waals surface area contributed by atoms with E-state index < -0.39 is 11.0 Å². The molecule has 0 unspecified atom stereocenters. The van der Waals surface area contributed by atoms with Crippen molar-refractivity contribution >= 4 is 11.7 Å². The third-order valence-corrected chi connectivity index (χ3v) is 4.03. The van der Waals surface area contributed by atoms with Crippen molar-refractivity contribution in [2.45, 2.75) is 58.7 Å². The molecule has 0 radical (unpaired) electrons. The summed E-state index contributed by atoms with van der Waals surface area (Å²) >= 11 is 0. The van der Waals surface area contributed by atoms with Crippen LogP contribution in [0.1, 0.15) is 46.1 Å². The van der Waals surface area contributed by atoms with Crippen LogP contribution in [-0.2, 0) is 11.3 Å². The standard InChI is InChI=1S/C16H25N3O2/c1-15(2,3)14(20)19-13-11(6-5-9-17-13)10-18-12-7-8-16(12,4)21/h5-6,9,12,18,21H,7-8,10H2,1-4H3,(H,17,19,20)/t12-,16-/m1/s1. The lowest BCUT2D eigenvalue weighted by molar-refractivity contribution is -0.123. The van der Waals surface area contributed by atoms with Gasteiger partial charge in [-0.2, -0.15) is 0 Å². The second-order valence-corrected chi connectivity index (χ2v) is 7.04. The first-order valence-electron chi connectivity index (χ1n) is 7.41. The third-order valence-electron chi connectivity index (χ3n) is 4.03. The lowest BCUT2D eigenvalue weighted by Crippen LogP contribution is -2.56. The number of nitrogens with one attached hydrogen (secondary N) is 2. The zero-order chi connectivity index (χ0) is 15.7. The van der Waals surface area contributed by atoms with Gasteiger partial charge in [-0.15, -0.1) is 0 Å². The Balaban J connectivity index is 2.02. The van der Waals surface area contributed by atoms with Crippen molar-refractivity contribution < 1.29 is 9.90 Å². The minimum atomic E-state index is -0.628. The van der Waals surface area contributed by atoms with Crippen LogP contribution in [0.5, 0.6) is 0 Å². The highest BCUT2D eigenvalue weighted by atomic mass is 16.3. The highest BCUT2D eigenvalue weighted by Gasteiger charge is 2.40. The molecule has 0 spiro atoms. The van der Waals surface area contributed by atoms with Crippen molar-refractivity contribution in [3.63, 3.8) is 0 Å². The summed E-state index contributed by atoms with van der Waals surface area (Å²) in [5, 5.41) is 16.2. The molecular formula is C16H25N3O2. The lowest BCUT2D eigenvalue weighted by Gasteiger charge is -2.43. The number of hydrogen-bond donors (Lipinski definition) is 3. The van der Waals surface area contributed by atoms with Gasteiger partial charge in [-0.25, -0.2) is 4.98 Å². The van der Waals surface area contributed by atoms with E-state index in [-0.39, 0.29) is 11.9 Å². The average Bonchev–Trinajstić information content (AvgIpc) is 2.38. The van der Waals surface area contributed by atoms with Crippen LogP contribution in [0.3, 0.4) is 0 Å². The molecule has 1 fully saturated rings. The molecule has 1 aliphatic rings. The zero-order valence-electron chi connectivity index (χ0n) is 13.2. The van der Waals surface area contributed by atoms with Gasteiger partial charge < -0.3 is 15.7 Å². The van der Waals surface area contributed by atoms with E-state index in [4.69, 9.17) is 0 Å². The van der Waals surface area contributed by atoms with E-state index in [2.05, 4.69) is 15.6 Å². The molecule has 0 aliphatic heterocycles. The summed E-state index contributed by atoms with van der Waals surface area (Å²) in [5.74, 6) is 0.530. The van der Waals surface area contributed by atoms with Crippen LogP contribution in [0.25, 0.3) is 0 Å². The quantitative estimate of drug-likeness (QED) is 0.794. The van der Waals surface area contributed by atoms with Crippen molar-refractivity contribution in [3.05, 3.63) is 23.9 Å². The molecule has 116 valence electrons. The molecule has 1 aromatic heterocycles. The Hall–Kier alpha value is -1.46.